The number of carbonyl (C=O) groups is 4. The van der Waals surface area contributed by atoms with Gasteiger partial charge in [0.1, 0.15) is 12.2 Å². The molecule has 0 aliphatic carbocycles. The van der Waals surface area contributed by atoms with E-state index in [1.54, 1.807) is 37.3 Å². The van der Waals surface area contributed by atoms with Crippen LogP contribution in [0.1, 0.15) is 75.3 Å². The smallest absolute Gasteiger partial charge is 0.409 e. The number of unbranched alkanes of at least 4 members (excludes halogenated alkanes) is 1. The summed E-state index contributed by atoms with van der Waals surface area (Å²) in [5.41, 5.74) is 0.910. The second-order valence-corrected chi connectivity index (χ2v) is 10.5. The molecule has 2 aromatic carbocycles. The van der Waals surface area contributed by atoms with Crippen molar-refractivity contribution in [1.29, 1.82) is 0 Å². The van der Waals surface area contributed by atoms with Crippen LogP contribution in [0.4, 0.5) is 4.79 Å². The third kappa shape index (κ3) is 6.76. The molecule has 8 heteroatoms. The van der Waals surface area contributed by atoms with Crippen molar-refractivity contribution in [2.45, 2.75) is 71.6 Å². The number of carbonyl (C=O) groups excluding carboxylic acids is 3. The van der Waals surface area contributed by atoms with Gasteiger partial charge in [-0.05, 0) is 42.9 Å². The number of nitrogens with zero attached hydrogens (tertiary/aromatic N) is 2. The van der Waals surface area contributed by atoms with Gasteiger partial charge in [0.2, 0.25) is 5.78 Å². The summed E-state index contributed by atoms with van der Waals surface area (Å²) in [7, 11) is 0. The van der Waals surface area contributed by atoms with Gasteiger partial charge in [-0.25, -0.2) is 4.79 Å². The summed E-state index contributed by atoms with van der Waals surface area (Å²) in [6, 6.07) is 16.3. The van der Waals surface area contributed by atoms with E-state index in [-0.39, 0.29) is 17.7 Å². The zero-order chi connectivity index (χ0) is 27.2. The molecule has 8 nitrogen and oxygen atoms in total. The van der Waals surface area contributed by atoms with Crippen LogP contribution in [0.5, 0.6) is 0 Å². The van der Waals surface area contributed by atoms with Gasteiger partial charge >= 0.3 is 6.09 Å². The first-order valence-corrected chi connectivity index (χ1v) is 12.8. The minimum atomic E-state index is -1.33. The lowest BCUT2D eigenvalue weighted by Crippen LogP contribution is -2.58. The van der Waals surface area contributed by atoms with E-state index in [0.29, 0.717) is 24.9 Å². The van der Waals surface area contributed by atoms with Gasteiger partial charge in [0.15, 0.2) is 0 Å². The molecule has 37 heavy (non-hydrogen) atoms. The van der Waals surface area contributed by atoms with Crippen molar-refractivity contribution >= 4 is 23.7 Å². The monoisotopic (exact) mass is 507 g/mol. The molecule has 1 saturated heterocycles. The summed E-state index contributed by atoms with van der Waals surface area (Å²) in [6.07, 6.45) is -0.362. The molecule has 2 aromatic rings. The van der Waals surface area contributed by atoms with Crippen LogP contribution >= 0.6 is 0 Å². The number of benzene rings is 2. The van der Waals surface area contributed by atoms with Gasteiger partial charge in [0.25, 0.3) is 11.8 Å². The highest BCUT2D eigenvalue weighted by Gasteiger charge is 2.48. The fourth-order valence-corrected chi connectivity index (χ4v) is 4.94. The van der Waals surface area contributed by atoms with Crippen molar-refractivity contribution in [2.75, 3.05) is 6.54 Å². The maximum Gasteiger partial charge on any atom is 0.409 e. The molecule has 0 radical (unpaired) electrons. The molecule has 0 spiro atoms. The summed E-state index contributed by atoms with van der Waals surface area (Å²) in [6.45, 7) is 7.98. The second-order valence-electron chi connectivity index (χ2n) is 10.5. The third-order valence-electron chi connectivity index (χ3n) is 6.86. The highest BCUT2D eigenvalue weighted by atomic mass is 16.4. The van der Waals surface area contributed by atoms with Crippen molar-refractivity contribution in [1.82, 2.24) is 15.1 Å². The summed E-state index contributed by atoms with van der Waals surface area (Å²) in [5, 5.41) is 13.1. The second kappa shape index (κ2) is 12.0. The van der Waals surface area contributed by atoms with E-state index in [1.165, 1.54) is 4.90 Å². The predicted octanol–water partition coefficient (Wildman–Crippen LogP) is 4.87. The Labute approximate surface area is 218 Å². The van der Waals surface area contributed by atoms with Gasteiger partial charge in [-0.3, -0.25) is 19.3 Å². The number of hydrogen-bond donors (Lipinski definition) is 2. The molecule has 3 rings (SSSR count). The van der Waals surface area contributed by atoms with Crippen molar-refractivity contribution in [3.63, 3.8) is 0 Å². The molecule has 1 aliphatic rings. The molecule has 1 aliphatic heterocycles. The van der Waals surface area contributed by atoms with Gasteiger partial charge in [-0.15, -0.1) is 0 Å². The molecule has 1 fully saturated rings. The van der Waals surface area contributed by atoms with E-state index in [4.69, 9.17) is 0 Å². The molecule has 0 aromatic heterocycles. The van der Waals surface area contributed by atoms with Gasteiger partial charge < -0.3 is 15.3 Å². The number of Topliss-reactive ketones (excluding diaryl/α,β-unsaturated/α-hetero) is 1. The highest BCUT2D eigenvalue weighted by molar-refractivity contribution is 6.38. The standard InChI is InChI=1S/C29H37N3O5/c1-5-6-17-23(25(33)26(34)30-20(2)21-13-9-7-10-14-21)32(28(36)37)24-18-29(3,4)19-31(24)27(35)22-15-11-8-12-16-22/h7-16,20,23-24H,5-6,17-19H2,1-4H3,(H,30,34)(H,36,37)/t20?,23-,24?/m0/s1. The van der Waals surface area contributed by atoms with E-state index in [0.717, 1.165) is 16.9 Å². The Kier molecular flexibility index (Phi) is 9.08. The van der Waals surface area contributed by atoms with Gasteiger partial charge in [-0.1, -0.05) is 82.1 Å². The maximum absolute atomic E-state index is 13.5. The Morgan fingerprint density at radius 1 is 1.05 bits per heavy atom. The number of ketones is 1. The summed E-state index contributed by atoms with van der Waals surface area (Å²) in [5.74, 6) is -1.94. The quantitative estimate of drug-likeness (QED) is 0.446. The first-order chi connectivity index (χ1) is 17.6. The summed E-state index contributed by atoms with van der Waals surface area (Å²) in [4.78, 5) is 55.3. The first kappa shape index (κ1) is 27.9. The lowest BCUT2D eigenvalue weighted by atomic mass is 9.91. The van der Waals surface area contributed by atoms with Crippen LogP contribution in [0.3, 0.4) is 0 Å². The molecule has 2 N–H and O–H groups in total. The van der Waals surface area contributed by atoms with E-state index < -0.39 is 36.0 Å². The number of carboxylic acid groups (broad SMARTS) is 1. The minimum absolute atomic E-state index is 0.194. The first-order valence-electron chi connectivity index (χ1n) is 12.8. The molecule has 3 amide bonds. The molecule has 2 unspecified atom stereocenters. The Balaban J connectivity index is 1.92. The van der Waals surface area contributed by atoms with E-state index in [1.807, 2.05) is 51.1 Å². The predicted molar refractivity (Wildman–Crippen MR) is 141 cm³/mol. The van der Waals surface area contributed by atoms with Crippen molar-refractivity contribution < 1.29 is 24.3 Å². The van der Waals surface area contributed by atoms with Gasteiger partial charge in [0.05, 0.1) is 6.04 Å². The molecular formula is C29H37N3O5. The Morgan fingerprint density at radius 2 is 1.65 bits per heavy atom. The van der Waals surface area contributed by atoms with Crippen LogP contribution in [-0.2, 0) is 9.59 Å². The number of rotatable bonds is 10. The lowest BCUT2D eigenvalue weighted by molar-refractivity contribution is -0.142. The van der Waals surface area contributed by atoms with E-state index in [2.05, 4.69) is 5.32 Å². The largest absolute Gasteiger partial charge is 0.465 e. The average molecular weight is 508 g/mol. The third-order valence-corrected chi connectivity index (χ3v) is 6.86. The number of nitrogens with one attached hydrogen (secondary N) is 1. The van der Waals surface area contributed by atoms with E-state index in [9.17, 15) is 24.3 Å². The summed E-state index contributed by atoms with van der Waals surface area (Å²) < 4.78 is 0. The number of amides is 3. The van der Waals surface area contributed by atoms with Crippen LogP contribution in [0.15, 0.2) is 60.7 Å². The fourth-order valence-electron chi connectivity index (χ4n) is 4.94. The molecule has 1 heterocycles. The molecule has 0 bridgehead atoms. The van der Waals surface area contributed by atoms with Crippen LogP contribution in [0, 0.1) is 5.41 Å². The summed E-state index contributed by atoms with van der Waals surface area (Å²) >= 11 is 0. The van der Waals surface area contributed by atoms with Crippen LogP contribution in [0.25, 0.3) is 0 Å². The zero-order valence-corrected chi connectivity index (χ0v) is 22.0. The van der Waals surface area contributed by atoms with Crippen LogP contribution in [-0.4, -0.2) is 57.3 Å². The number of hydrogen-bond acceptors (Lipinski definition) is 4. The highest BCUT2D eigenvalue weighted by Crippen LogP contribution is 2.38. The van der Waals surface area contributed by atoms with E-state index >= 15 is 0 Å². The molecular weight excluding hydrogens is 470 g/mol. The van der Waals surface area contributed by atoms with Crippen molar-refractivity contribution in [3.05, 3.63) is 71.8 Å². The molecule has 198 valence electrons. The Bertz CT molecular complexity index is 1100. The minimum Gasteiger partial charge on any atom is -0.465 e. The van der Waals surface area contributed by atoms with Gasteiger partial charge in [-0.2, -0.15) is 0 Å². The number of likely N-dealkylation sites (tertiary alicyclic amines) is 1. The van der Waals surface area contributed by atoms with Crippen LogP contribution < -0.4 is 5.32 Å². The molecule has 0 saturated carbocycles. The average Bonchev–Trinajstić information content (AvgIpc) is 3.20. The SMILES string of the molecule is CCCC[C@@H](C(=O)C(=O)NC(C)c1ccccc1)N(C(=O)O)C1CC(C)(C)CN1C(=O)c1ccccc1. The molecule has 3 atom stereocenters. The zero-order valence-electron chi connectivity index (χ0n) is 22.0. The Morgan fingerprint density at radius 3 is 2.22 bits per heavy atom. The maximum atomic E-state index is 13.5. The van der Waals surface area contributed by atoms with Crippen molar-refractivity contribution in [3.8, 4) is 0 Å². The Hall–Kier alpha value is -3.68. The lowest BCUT2D eigenvalue weighted by Gasteiger charge is -2.37. The van der Waals surface area contributed by atoms with Crippen LogP contribution in [0.2, 0.25) is 0 Å². The fraction of sp³-hybridized carbons (Fsp3) is 0.448. The van der Waals surface area contributed by atoms with Gasteiger partial charge in [0, 0.05) is 12.1 Å². The topological polar surface area (TPSA) is 107 Å². The van der Waals surface area contributed by atoms with Crippen molar-refractivity contribution in [2.24, 2.45) is 5.41 Å². The normalized spacial score (nSPS) is 18.1.